The van der Waals surface area contributed by atoms with Crippen LogP contribution >= 0.6 is 0 Å². The third kappa shape index (κ3) is 8.04. The first-order valence-corrected chi connectivity index (χ1v) is 12.5. The summed E-state index contributed by atoms with van der Waals surface area (Å²) in [5.41, 5.74) is 3.11. The molecule has 0 bridgehead atoms. The van der Waals surface area contributed by atoms with E-state index >= 15 is 0 Å². The quantitative estimate of drug-likeness (QED) is 0.476. The fourth-order valence-electron chi connectivity index (χ4n) is 3.84. The van der Waals surface area contributed by atoms with Gasteiger partial charge in [-0.2, -0.15) is 5.26 Å². The summed E-state index contributed by atoms with van der Waals surface area (Å²) < 4.78 is 12.2. The highest BCUT2D eigenvalue weighted by atomic mass is 16.5. The molecule has 1 heterocycles. The molecule has 0 spiro atoms. The number of ether oxygens (including phenoxy) is 2. The number of benzene rings is 2. The predicted octanol–water partition coefficient (Wildman–Crippen LogP) is 6.37. The summed E-state index contributed by atoms with van der Waals surface area (Å²) in [4.78, 5) is 4.77. The second-order valence-corrected chi connectivity index (χ2v) is 10.2. The highest BCUT2D eigenvalue weighted by Crippen LogP contribution is 2.34. The number of nitrogens with zero attached hydrogens (tertiary/aromatic N) is 3. The fraction of sp³-hybridized carbons (Fsp3) is 0.552. The zero-order chi connectivity index (χ0) is 25.4. The Balaban J connectivity index is 0.00000199. The fourth-order valence-corrected chi connectivity index (χ4v) is 3.84. The third-order valence-electron chi connectivity index (χ3n) is 5.81. The average molecular weight is 466 g/mol. The molecule has 1 saturated heterocycles. The Hall–Kier alpha value is -2.55. The van der Waals surface area contributed by atoms with Crippen molar-refractivity contribution >= 4 is 5.69 Å². The van der Waals surface area contributed by atoms with Gasteiger partial charge in [-0.25, -0.2) is 0 Å². The summed E-state index contributed by atoms with van der Waals surface area (Å²) in [6, 6.07) is 16.7. The molecule has 0 atom stereocenters. The smallest absolute Gasteiger partial charge is 0.138 e. The first-order valence-electron chi connectivity index (χ1n) is 12.5. The lowest BCUT2D eigenvalue weighted by Crippen LogP contribution is -2.44. The standard InChI is InChI=1S/C27H37N3O2.C2H6/c1-26(2,3)31-19-14-27(4,5)32-25-9-7-8-23(24(25)20-28)21-10-12-22(13-11-21)30-17-15-29(6)16-18-30;1-2/h7-13H,14-19H2,1-6H3;1-2H3. The van der Waals surface area contributed by atoms with E-state index in [2.05, 4.69) is 47.2 Å². The molecule has 1 aliphatic heterocycles. The molecule has 2 aromatic rings. The van der Waals surface area contributed by atoms with Crippen molar-refractivity contribution in [2.75, 3.05) is 44.7 Å². The van der Waals surface area contributed by atoms with Crippen LogP contribution in [0.2, 0.25) is 0 Å². The molecule has 0 saturated carbocycles. The van der Waals surface area contributed by atoms with Gasteiger partial charge in [0.25, 0.3) is 0 Å². The van der Waals surface area contributed by atoms with E-state index < -0.39 is 5.60 Å². The highest BCUT2D eigenvalue weighted by Gasteiger charge is 2.24. The molecule has 0 amide bonds. The summed E-state index contributed by atoms with van der Waals surface area (Å²) in [6.07, 6.45) is 0.735. The lowest BCUT2D eigenvalue weighted by molar-refractivity contribution is -0.0293. The molecule has 186 valence electrons. The Morgan fingerprint density at radius 1 is 0.912 bits per heavy atom. The van der Waals surface area contributed by atoms with Gasteiger partial charge in [-0.1, -0.05) is 38.1 Å². The Labute approximate surface area is 207 Å². The van der Waals surface area contributed by atoms with Crippen molar-refractivity contribution in [3.63, 3.8) is 0 Å². The molecule has 0 unspecified atom stereocenters. The van der Waals surface area contributed by atoms with Gasteiger partial charge in [-0.05, 0) is 65.4 Å². The molecule has 0 N–H and O–H groups in total. The number of likely N-dealkylation sites (N-methyl/N-ethyl adjacent to an activating group) is 1. The number of anilines is 1. The van der Waals surface area contributed by atoms with Gasteiger partial charge in [-0.3, -0.25) is 0 Å². The Morgan fingerprint density at radius 2 is 1.53 bits per heavy atom. The number of hydrogen-bond acceptors (Lipinski definition) is 5. The van der Waals surface area contributed by atoms with Crippen LogP contribution in [-0.2, 0) is 4.74 Å². The molecule has 34 heavy (non-hydrogen) atoms. The average Bonchev–Trinajstić information content (AvgIpc) is 2.79. The van der Waals surface area contributed by atoms with E-state index in [1.807, 2.05) is 66.7 Å². The van der Waals surface area contributed by atoms with E-state index in [4.69, 9.17) is 9.47 Å². The minimum Gasteiger partial charge on any atom is -0.486 e. The van der Waals surface area contributed by atoms with Crippen LogP contribution in [0.15, 0.2) is 42.5 Å². The van der Waals surface area contributed by atoms with Crippen LogP contribution in [0.25, 0.3) is 11.1 Å². The van der Waals surface area contributed by atoms with Gasteiger partial charge in [0.15, 0.2) is 0 Å². The van der Waals surface area contributed by atoms with Crippen LogP contribution in [0.3, 0.4) is 0 Å². The van der Waals surface area contributed by atoms with Crippen molar-refractivity contribution in [3.8, 4) is 22.9 Å². The lowest BCUT2D eigenvalue weighted by atomic mass is 9.98. The minimum absolute atomic E-state index is 0.176. The maximum Gasteiger partial charge on any atom is 0.138 e. The second-order valence-electron chi connectivity index (χ2n) is 10.2. The number of nitriles is 1. The van der Waals surface area contributed by atoms with E-state index in [1.54, 1.807) is 0 Å². The molecular formula is C29H43N3O2. The van der Waals surface area contributed by atoms with Crippen LogP contribution in [0.1, 0.15) is 60.5 Å². The highest BCUT2D eigenvalue weighted by molar-refractivity contribution is 5.75. The zero-order valence-corrected chi connectivity index (χ0v) is 22.4. The van der Waals surface area contributed by atoms with Gasteiger partial charge in [0, 0.05) is 43.9 Å². The Kier molecular flexibility index (Phi) is 9.97. The first-order chi connectivity index (χ1) is 16.1. The van der Waals surface area contributed by atoms with E-state index in [-0.39, 0.29) is 5.60 Å². The molecule has 3 rings (SSSR count). The Morgan fingerprint density at radius 3 is 2.09 bits per heavy atom. The van der Waals surface area contributed by atoms with Gasteiger partial charge in [0.2, 0.25) is 0 Å². The van der Waals surface area contributed by atoms with Crippen LogP contribution < -0.4 is 9.64 Å². The van der Waals surface area contributed by atoms with E-state index in [1.165, 1.54) is 5.69 Å². The largest absolute Gasteiger partial charge is 0.486 e. The molecule has 0 aromatic heterocycles. The SMILES string of the molecule is CC.CN1CCN(c2ccc(-c3cccc(OC(C)(C)CCOC(C)(C)C)c3C#N)cc2)CC1. The summed E-state index contributed by atoms with van der Waals surface area (Å²) >= 11 is 0. The molecule has 2 aromatic carbocycles. The zero-order valence-electron chi connectivity index (χ0n) is 22.4. The van der Waals surface area contributed by atoms with E-state index in [0.29, 0.717) is 17.9 Å². The van der Waals surface area contributed by atoms with Gasteiger partial charge in [-0.15, -0.1) is 0 Å². The van der Waals surface area contributed by atoms with Gasteiger partial charge in [0.05, 0.1) is 12.2 Å². The maximum atomic E-state index is 9.96. The maximum absolute atomic E-state index is 9.96. The molecule has 0 radical (unpaired) electrons. The van der Waals surface area contributed by atoms with Crippen molar-refractivity contribution in [2.45, 2.75) is 66.1 Å². The normalized spacial score (nSPS) is 14.7. The van der Waals surface area contributed by atoms with Crippen molar-refractivity contribution in [1.82, 2.24) is 4.90 Å². The number of hydrogen-bond donors (Lipinski definition) is 0. The van der Waals surface area contributed by atoms with Crippen molar-refractivity contribution < 1.29 is 9.47 Å². The summed E-state index contributed by atoms with van der Waals surface area (Å²) in [5.74, 6) is 0.619. The predicted molar refractivity (Wildman–Crippen MR) is 143 cm³/mol. The summed E-state index contributed by atoms with van der Waals surface area (Å²) in [6.45, 7) is 19.1. The monoisotopic (exact) mass is 465 g/mol. The van der Waals surface area contributed by atoms with Crippen molar-refractivity contribution in [2.24, 2.45) is 0 Å². The third-order valence-corrected chi connectivity index (χ3v) is 5.81. The van der Waals surface area contributed by atoms with Crippen LogP contribution in [0.5, 0.6) is 5.75 Å². The van der Waals surface area contributed by atoms with Crippen LogP contribution in [-0.4, -0.2) is 55.9 Å². The molecule has 1 fully saturated rings. The van der Waals surface area contributed by atoms with Crippen LogP contribution in [0, 0.1) is 11.3 Å². The number of rotatable bonds is 7. The van der Waals surface area contributed by atoms with Crippen molar-refractivity contribution in [1.29, 1.82) is 5.26 Å². The topological polar surface area (TPSA) is 48.7 Å². The molecule has 5 heteroatoms. The van der Waals surface area contributed by atoms with Gasteiger partial charge >= 0.3 is 0 Å². The molecule has 0 aliphatic carbocycles. The summed E-state index contributed by atoms with van der Waals surface area (Å²) in [5, 5.41) is 9.96. The van der Waals surface area contributed by atoms with Crippen LogP contribution in [0.4, 0.5) is 5.69 Å². The van der Waals surface area contributed by atoms with Gasteiger partial charge in [0.1, 0.15) is 23.0 Å². The Bertz CT molecular complexity index is 931. The van der Waals surface area contributed by atoms with Gasteiger partial charge < -0.3 is 19.3 Å². The molecule has 1 aliphatic rings. The minimum atomic E-state index is -0.444. The summed E-state index contributed by atoms with van der Waals surface area (Å²) in [7, 11) is 2.16. The van der Waals surface area contributed by atoms with E-state index in [0.717, 1.165) is 43.7 Å². The molecule has 5 nitrogen and oxygen atoms in total. The number of piperazine rings is 1. The molecular weight excluding hydrogens is 422 g/mol. The lowest BCUT2D eigenvalue weighted by Gasteiger charge is -2.34. The van der Waals surface area contributed by atoms with Crippen molar-refractivity contribution in [3.05, 3.63) is 48.0 Å². The van der Waals surface area contributed by atoms with E-state index in [9.17, 15) is 5.26 Å². The second kappa shape index (κ2) is 12.2. The first kappa shape index (κ1) is 27.7.